The molecule has 3 aromatic rings. The lowest BCUT2D eigenvalue weighted by Gasteiger charge is -2.05. The Morgan fingerprint density at radius 2 is 1.79 bits per heavy atom. The van der Waals surface area contributed by atoms with Crippen molar-refractivity contribution in [2.45, 2.75) is 84.1 Å². The smallest absolute Gasteiger partial charge is 0.241 e. The van der Waals surface area contributed by atoms with Crippen molar-refractivity contribution in [2.75, 3.05) is 18.8 Å². The van der Waals surface area contributed by atoms with Gasteiger partial charge < -0.3 is 21.8 Å². The van der Waals surface area contributed by atoms with E-state index in [4.69, 9.17) is 11.5 Å². The summed E-state index contributed by atoms with van der Waals surface area (Å²) < 4.78 is 1.60. The molecule has 0 unspecified atom stereocenters. The Hall–Kier alpha value is -3.46. The Morgan fingerprint density at radius 3 is 2.53 bits per heavy atom. The maximum atomic E-state index is 12.0. The van der Waals surface area contributed by atoms with Crippen LogP contribution in [0.25, 0.3) is 0 Å². The van der Waals surface area contributed by atoms with Crippen LogP contribution in [0.15, 0.2) is 54.9 Å². The molecular formula is C29H46N8O. The van der Waals surface area contributed by atoms with Gasteiger partial charge in [-0.2, -0.15) is 0 Å². The van der Waals surface area contributed by atoms with E-state index in [1.807, 2.05) is 24.4 Å². The molecule has 1 amide bonds. The zero-order valence-corrected chi connectivity index (χ0v) is 22.9. The lowest BCUT2D eigenvalue weighted by atomic mass is 10.1. The number of hydrogen-bond acceptors (Lipinski definition) is 6. The molecule has 0 aliphatic carbocycles. The predicted molar refractivity (Wildman–Crippen MR) is 154 cm³/mol. The number of amides is 1. The number of carbonyl (C=O) groups is 1. The Morgan fingerprint density at radius 1 is 1.03 bits per heavy atom. The number of aryl methyl sites for hydroxylation is 2. The molecule has 1 aromatic carbocycles. The first kappa shape index (κ1) is 30.8. The average molecular weight is 523 g/mol. The molecule has 0 aliphatic heterocycles. The van der Waals surface area contributed by atoms with Gasteiger partial charge in [-0.25, -0.2) is 9.67 Å². The number of aromatic amines is 1. The summed E-state index contributed by atoms with van der Waals surface area (Å²) in [7, 11) is 0. The van der Waals surface area contributed by atoms with Crippen molar-refractivity contribution in [1.29, 1.82) is 0 Å². The minimum atomic E-state index is -0.0498. The molecule has 38 heavy (non-hydrogen) atoms. The molecule has 0 atom stereocenters. The SMILES string of the molecule is C/C=C/CCCCCCN.Nc1ncc(CCCCCc2cn(CC(=O)NCCc3ccccc3)nn2)[nH]1. The van der Waals surface area contributed by atoms with Gasteiger partial charge in [0.25, 0.3) is 0 Å². The third-order valence-electron chi connectivity index (χ3n) is 6.06. The molecule has 2 aromatic heterocycles. The Kier molecular flexibility index (Phi) is 15.9. The van der Waals surface area contributed by atoms with Crippen LogP contribution in [0.3, 0.4) is 0 Å². The van der Waals surface area contributed by atoms with Gasteiger partial charge in [-0.1, -0.05) is 67.0 Å². The summed E-state index contributed by atoms with van der Waals surface area (Å²) in [6.07, 6.45) is 20.2. The second-order valence-corrected chi connectivity index (χ2v) is 9.41. The molecule has 9 nitrogen and oxygen atoms in total. The van der Waals surface area contributed by atoms with Crippen molar-refractivity contribution >= 4 is 11.9 Å². The van der Waals surface area contributed by atoms with Gasteiger partial charge in [-0.05, 0) is 70.4 Å². The van der Waals surface area contributed by atoms with E-state index in [0.717, 1.165) is 56.5 Å². The second-order valence-electron chi connectivity index (χ2n) is 9.41. The minimum absolute atomic E-state index is 0.0498. The molecule has 208 valence electrons. The number of nitrogens with one attached hydrogen (secondary N) is 2. The van der Waals surface area contributed by atoms with Gasteiger partial charge in [0.1, 0.15) is 6.54 Å². The summed E-state index contributed by atoms with van der Waals surface area (Å²) in [6, 6.07) is 10.1. The monoisotopic (exact) mass is 522 g/mol. The number of unbranched alkanes of at least 4 members (excludes halogenated alkanes) is 6. The zero-order valence-electron chi connectivity index (χ0n) is 22.9. The first-order valence-corrected chi connectivity index (χ1v) is 13.9. The molecule has 3 rings (SSSR count). The maximum absolute atomic E-state index is 12.0. The van der Waals surface area contributed by atoms with Crippen molar-refractivity contribution in [1.82, 2.24) is 30.3 Å². The fourth-order valence-corrected chi connectivity index (χ4v) is 3.95. The topological polar surface area (TPSA) is 141 Å². The number of hydrogen-bond donors (Lipinski definition) is 4. The van der Waals surface area contributed by atoms with Crippen molar-refractivity contribution in [2.24, 2.45) is 5.73 Å². The Bertz CT molecular complexity index is 1030. The molecule has 0 bridgehead atoms. The molecule has 0 fully saturated rings. The van der Waals surface area contributed by atoms with Crippen molar-refractivity contribution in [3.63, 3.8) is 0 Å². The standard InChI is InChI=1S/C20H27N7O.C9H19N/c21-20-23-13-17(24-20)9-5-2-6-10-18-14-27(26-25-18)15-19(28)22-12-11-16-7-3-1-4-8-16;1-2-3-4-5-6-7-8-9-10/h1,3-4,7-8,13-14H,2,5-6,9-12,15H2,(H,22,28)(H3,21,23,24);2-3H,4-10H2,1H3/b;3-2+. The van der Waals surface area contributed by atoms with E-state index in [2.05, 4.69) is 56.8 Å². The fraction of sp³-hybridized carbons (Fsp3) is 0.517. The Balaban J connectivity index is 0.000000432. The quantitative estimate of drug-likeness (QED) is 0.153. The van der Waals surface area contributed by atoms with Gasteiger partial charge in [-0.3, -0.25) is 4.79 Å². The van der Waals surface area contributed by atoms with Crippen LogP contribution >= 0.6 is 0 Å². The molecular weight excluding hydrogens is 476 g/mol. The summed E-state index contributed by atoms with van der Waals surface area (Å²) in [6.45, 7) is 3.74. The molecule has 0 spiro atoms. The highest BCUT2D eigenvalue weighted by molar-refractivity contribution is 5.75. The number of aromatic nitrogens is 5. The van der Waals surface area contributed by atoms with Crippen LogP contribution in [0.4, 0.5) is 5.95 Å². The summed E-state index contributed by atoms with van der Waals surface area (Å²) in [5.74, 6) is 0.418. The average Bonchev–Trinajstić information content (AvgIpc) is 3.55. The van der Waals surface area contributed by atoms with Crippen LogP contribution in [0.5, 0.6) is 0 Å². The van der Waals surface area contributed by atoms with Crippen LogP contribution in [-0.2, 0) is 30.6 Å². The first-order valence-electron chi connectivity index (χ1n) is 13.9. The maximum Gasteiger partial charge on any atom is 0.241 e. The lowest BCUT2D eigenvalue weighted by molar-refractivity contribution is -0.121. The molecule has 6 N–H and O–H groups in total. The third-order valence-corrected chi connectivity index (χ3v) is 6.06. The van der Waals surface area contributed by atoms with Crippen molar-refractivity contribution in [3.8, 4) is 0 Å². The van der Waals surface area contributed by atoms with Crippen LogP contribution in [0, 0.1) is 0 Å². The van der Waals surface area contributed by atoms with E-state index in [9.17, 15) is 4.79 Å². The van der Waals surface area contributed by atoms with E-state index in [1.54, 1.807) is 10.9 Å². The largest absolute Gasteiger partial charge is 0.369 e. The van der Waals surface area contributed by atoms with E-state index in [-0.39, 0.29) is 12.5 Å². The number of allylic oxidation sites excluding steroid dienone is 2. The minimum Gasteiger partial charge on any atom is -0.369 e. The number of H-pyrrole nitrogens is 1. The number of carbonyl (C=O) groups excluding carboxylic acids is 1. The van der Waals surface area contributed by atoms with E-state index >= 15 is 0 Å². The predicted octanol–water partition coefficient (Wildman–Crippen LogP) is 4.37. The highest BCUT2D eigenvalue weighted by Gasteiger charge is 2.06. The highest BCUT2D eigenvalue weighted by Crippen LogP contribution is 2.08. The first-order chi connectivity index (χ1) is 18.6. The van der Waals surface area contributed by atoms with Crippen LogP contribution in [0.2, 0.25) is 0 Å². The number of nitrogens with zero attached hydrogens (tertiary/aromatic N) is 4. The molecule has 9 heteroatoms. The third kappa shape index (κ3) is 14.3. The highest BCUT2D eigenvalue weighted by atomic mass is 16.2. The van der Waals surface area contributed by atoms with Gasteiger partial charge >= 0.3 is 0 Å². The number of benzene rings is 1. The summed E-state index contributed by atoms with van der Waals surface area (Å²) >= 11 is 0. The normalized spacial score (nSPS) is 10.9. The number of nitrogen functional groups attached to an aromatic ring is 1. The number of nitrogens with two attached hydrogens (primary N) is 2. The second kappa shape index (κ2) is 19.6. The molecule has 0 saturated carbocycles. The number of anilines is 1. The van der Waals surface area contributed by atoms with Crippen LogP contribution in [-0.4, -0.2) is 44.0 Å². The summed E-state index contributed by atoms with van der Waals surface area (Å²) in [5, 5.41) is 11.1. The van der Waals surface area contributed by atoms with E-state index < -0.39 is 0 Å². The van der Waals surface area contributed by atoms with Crippen molar-refractivity contribution < 1.29 is 4.79 Å². The molecule has 2 heterocycles. The van der Waals surface area contributed by atoms with Crippen LogP contribution < -0.4 is 16.8 Å². The molecule has 0 saturated heterocycles. The molecule has 0 aliphatic rings. The van der Waals surface area contributed by atoms with Gasteiger partial charge in [0, 0.05) is 18.4 Å². The number of rotatable bonds is 17. The summed E-state index contributed by atoms with van der Waals surface area (Å²) in [5.41, 5.74) is 14.1. The summed E-state index contributed by atoms with van der Waals surface area (Å²) in [4.78, 5) is 19.1. The lowest BCUT2D eigenvalue weighted by Crippen LogP contribution is -2.29. The van der Waals surface area contributed by atoms with Gasteiger partial charge in [-0.15, -0.1) is 5.10 Å². The number of imidazole rings is 1. The van der Waals surface area contributed by atoms with Crippen molar-refractivity contribution in [3.05, 3.63) is 71.8 Å². The Labute approximate surface area is 227 Å². The van der Waals surface area contributed by atoms with Crippen LogP contribution in [0.1, 0.15) is 75.2 Å². The van der Waals surface area contributed by atoms with E-state index in [1.165, 1.54) is 37.7 Å². The van der Waals surface area contributed by atoms with Gasteiger partial charge in [0.2, 0.25) is 5.91 Å². The van der Waals surface area contributed by atoms with Gasteiger partial charge in [0.05, 0.1) is 11.9 Å². The van der Waals surface area contributed by atoms with E-state index in [0.29, 0.717) is 12.5 Å². The molecule has 0 radical (unpaired) electrons. The van der Waals surface area contributed by atoms with Gasteiger partial charge in [0.15, 0.2) is 5.95 Å². The zero-order chi connectivity index (χ0) is 27.3. The fourth-order valence-electron chi connectivity index (χ4n) is 3.95.